The van der Waals surface area contributed by atoms with Crippen LogP contribution in [0.4, 0.5) is 17.1 Å². The summed E-state index contributed by atoms with van der Waals surface area (Å²) in [5, 5.41) is 17.2. The van der Waals surface area contributed by atoms with Crippen LogP contribution in [-0.2, 0) is 5.41 Å². The average Bonchev–Trinajstić information content (AvgIpc) is 3.21. The molecule has 52 heavy (non-hydrogen) atoms. The van der Waals surface area contributed by atoms with E-state index in [9.17, 15) is 0 Å². The molecule has 246 valence electrons. The summed E-state index contributed by atoms with van der Waals surface area (Å²) < 4.78 is 0. The number of fused-ring (bicyclic) bond motifs is 8. The third-order valence-electron chi connectivity index (χ3n) is 10.7. The number of benzene rings is 8. The quantitative estimate of drug-likeness (QED) is 0.175. The summed E-state index contributed by atoms with van der Waals surface area (Å²) in [6.07, 6.45) is 0. The van der Waals surface area contributed by atoms with Gasteiger partial charge in [-0.15, -0.1) is 10.2 Å². The Kier molecular flexibility index (Phi) is 6.80. The van der Waals surface area contributed by atoms with Crippen LogP contribution in [0.3, 0.4) is 0 Å². The number of para-hydroxylation sites is 1. The molecule has 0 unspecified atom stereocenters. The minimum Gasteiger partial charge on any atom is -0.310 e. The van der Waals surface area contributed by atoms with Crippen molar-refractivity contribution >= 4 is 49.4 Å². The predicted molar refractivity (Wildman–Crippen MR) is 215 cm³/mol. The second kappa shape index (κ2) is 11.7. The van der Waals surface area contributed by atoms with E-state index >= 15 is 0 Å². The molecule has 10 rings (SSSR count). The maximum absolute atomic E-state index is 5.20. The number of hydrogen-bond donors (Lipinski definition) is 0. The van der Waals surface area contributed by atoms with Gasteiger partial charge in [0.15, 0.2) is 5.82 Å². The van der Waals surface area contributed by atoms with Gasteiger partial charge in [0.25, 0.3) is 0 Å². The van der Waals surface area contributed by atoms with Gasteiger partial charge in [0.2, 0.25) is 0 Å². The SMILES string of the molecule is CC1(C)c2ccccc2N(c2cccc(-c3nnc(-c4ccccc4)c(-c4ccccc4)n3)c2)c2cc3c4ccccc4c4ccccc4c3cc21. The maximum Gasteiger partial charge on any atom is 0.182 e. The topological polar surface area (TPSA) is 41.9 Å². The third kappa shape index (κ3) is 4.65. The van der Waals surface area contributed by atoms with Crippen LogP contribution in [0.2, 0.25) is 0 Å². The second-order valence-electron chi connectivity index (χ2n) is 14.1. The zero-order valence-corrected chi connectivity index (χ0v) is 29.0. The number of rotatable bonds is 4. The van der Waals surface area contributed by atoms with Crippen LogP contribution in [0, 0.1) is 0 Å². The van der Waals surface area contributed by atoms with E-state index in [1.807, 2.05) is 36.4 Å². The molecule has 0 bridgehead atoms. The normalized spacial score (nSPS) is 13.3. The number of aromatic nitrogens is 3. The molecule has 9 aromatic rings. The Morgan fingerprint density at radius 1 is 0.404 bits per heavy atom. The molecule has 4 heteroatoms. The first-order valence-corrected chi connectivity index (χ1v) is 17.8. The summed E-state index contributed by atoms with van der Waals surface area (Å²) in [6, 6.07) is 60.3. The van der Waals surface area contributed by atoms with Gasteiger partial charge in [-0.3, -0.25) is 0 Å². The first-order chi connectivity index (χ1) is 25.6. The van der Waals surface area contributed by atoms with Crippen LogP contribution in [0.1, 0.15) is 25.0 Å². The minimum atomic E-state index is -0.230. The summed E-state index contributed by atoms with van der Waals surface area (Å²) >= 11 is 0. The van der Waals surface area contributed by atoms with Crippen molar-refractivity contribution < 1.29 is 0 Å². The minimum absolute atomic E-state index is 0.230. The van der Waals surface area contributed by atoms with Crippen LogP contribution >= 0.6 is 0 Å². The van der Waals surface area contributed by atoms with Gasteiger partial charge in [-0.25, -0.2) is 4.98 Å². The molecule has 0 atom stereocenters. The fourth-order valence-corrected chi connectivity index (χ4v) is 8.20. The number of nitrogens with zero attached hydrogens (tertiary/aromatic N) is 4. The van der Waals surface area contributed by atoms with Gasteiger partial charge in [0, 0.05) is 27.8 Å². The highest BCUT2D eigenvalue weighted by Crippen LogP contribution is 2.54. The third-order valence-corrected chi connectivity index (χ3v) is 10.7. The van der Waals surface area contributed by atoms with Crippen molar-refractivity contribution in [2.24, 2.45) is 0 Å². The molecule has 4 nitrogen and oxygen atoms in total. The predicted octanol–water partition coefficient (Wildman–Crippen LogP) is 12.4. The second-order valence-corrected chi connectivity index (χ2v) is 14.1. The van der Waals surface area contributed by atoms with E-state index < -0.39 is 0 Å². The Balaban J connectivity index is 1.20. The monoisotopic (exact) mass is 666 g/mol. The Bertz CT molecular complexity index is 2820. The summed E-state index contributed by atoms with van der Waals surface area (Å²) in [6.45, 7) is 4.71. The lowest BCUT2D eigenvalue weighted by Gasteiger charge is -2.42. The first-order valence-electron chi connectivity index (χ1n) is 17.8. The van der Waals surface area contributed by atoms with Gasteiger partial charge in [-0.1, -0.05) is 153 Å². The van der Waals surface area contributed by atoms with Crippen LogP contribution in [-0.4, -0.2) is 15.2 Å². The van der Waals surface area contributed by atoms with E-state index in [0.717, 1.165) is 33.8 Å². The molecule has 0 radical (unpaired) electrons. The van der Waals surface area contributed by atoms with Crippen LogP contribution < -0.4 is 4.90 Å². The molecular formula is C48H34N4. The van der Waals surface area contributed by atoms with Crippen LogP contribution in [0.25, 0.3) is 66.2 Å². The summed E-state index contributed by atoms with van der Waals surface area (Å²) in [4.78, 5) is 7.62. The molecule has 8 aromatic carbocycles. The highest BCUT2D eigenvalue weighted by Gasteiger charge is 2.37. The molecule has 0 fully saturated rings. The lowest BCUT2D eigenvalue weighted by molar-refractivity contribution is 0.633. The van der Waals surface area contributed by atoms with E-state index in [-0.39, 0.29) is 5.41 Å². The molecule has 2 heterocycles. The Hall–Kier alpha value is -6.65. The van der Waals surface area contributed by atoms with Gasteiger partial charge < -0.3 is 4.90 Å². The van der Waals surface area contributed by atoms with Crippen molar-refractivity contribution in [1.29, 1.82) is 0 Å². The molecule has 0 N–H and O–H groups in total. The van der Waals surface area contributed by atoms with Crippen molar-refractivity contribution in [3.05, 3.63) is 181 Å². The zero-order chi connectivity index (χ0) is 34.8. The largest absolute Gasteiger partial charge is 0.310 e. The summed E-state index contributed by atoms with van der Waals surface area (Å²) in [5.74, 6) is 0.585. The van der Waals surface area contributed by atoms with Gasteiger partial charge in [0.05, 0.1) is 11.4 Å². The van der Waals surface area contributed by atoms with Crippen molar-refractivity contribution in [2.75, 3.05) is 4.90 Å². The standard InChI is InChI=1S/C48H34N4/c1-48(2)41-26-13-14-27-43(41)52(44-30-40-38-25-12-10-23-36(38)35-22-9-11-24-37(35)39(40)29-42(44)48)34-21-15-20-33(28-34)47-49-45(31-16-5-3-6-17-31)46(50-51-47)32-18-7-4-8-19-32/h3-30H,1-2H3. The molecule has 0 saturated carbocycles. The lowest BCUT2D eigenvalue weighted by Crippen LogP contribution is -2.30. The summed E-state index contributed by atoms with van der Waals surface area (Å²) in [5.41, 5.74) is 10.2. The van der Waals surface area contributed by atoms with E-state index in [0.29, 0.717) is 5.82 Å². The Labute approximate surface area is 302 Å². The van der Waals surface area contributed by atoms with Crippen molar-refractivity contribution in [3.63, 3.8) is 0 Å². The van der Waals surface area contributed by atoms with Crippen molar-refractivity contribution in [2.45, 2.75) is 19.3 Å². The lowest BCUT2D eigenvalue weighted by atomic mass is 9.72. The Morgan fingerprint density at radius 3 is 1.62 bits per heavy atom. The van der Waals surface area contributed by atoms with Gasteiger partial charge in [-0.2, -0.15) is 0 Å². The molecule has 0 saturated heterocycles. The molecule has 0 aliphatic carbocycles. The van der Waals surface area contributed by atoms with E-state index in [1.165, 1.54) is 54.8 Å². The Morgan fingerprint density at radius 2 is 0.942 bits per heavy atom. The van der Waals surface area contributed by atoms with Gasteiger partial charge >= 0.3 is 0 Å². The van der Waals surface area contributed by atoms with Gasteiger partial charge in [-0.05, 0) is 73.8 Å². The van der Waals surface area contributed by atoms with E-state index in [2.05, 4.69) is 152 Å². The smallest absolute Gasteiger partial charge is 0.182 e. The van der Waals surface area contributed by atoms with Crippen LogP contribution in [0.15, 0.2) is 170 Å². The average molecular weight is 667 g/mol. The first kappa shape index (κ1) is 30.2. The molecule has 1 aliphatic heterocycles. The zero-order valence-electron chi connectivity index (χ0n) is 29.0. The highest BCUT2D eigenvalue weighted by molar-refractivity contribution is 6.26. The fraction of sp³-hybridized carbons (Fsp3) is 0.0625. The molecule has 1 aromatic heterocycles. The number of anilines is 3. The van der Waals surface area contributed by atoms with E-state index in [1.54, 1.807) is 0 Å². The molecule has 1 aliphatic rings. The van der Waals surface area contributed by atoms with Crippen LogP contribution in [0.5, 0.6) is 0 Å². The van der Waals surface area contributed by atoms with Crippen molar-refractivity contribution in [1.82, 2.24) is 15.2 Å². The maximum atomic E-state index is 5.20. The molecule has 0 spiro atoms. The fourth-order valence-electron chi connectivity index (χ4n) is 8.20. The van der Waals surface area contributed by atoms with Crippen molar-refractivity contribution in [3.8, 4) is 33.9 Å². The highest BCUT2D eigenvalue weighted by atomic mass is 15.2. The summed E-state index contributed by atoms with van der Waals surface area (Å²) in [7, 11) is 0. The number of hydrogen-bond acceptors (Lipinski definition) is 4. The molecular weight excluding hydrogens is 633 g/mol. The van der Waals surface area contributed by atoms with E-state index in [4.69, 9.17) is 15.2 Å². The molecule has 0 amide bonds. The van der Waals surface area contributed by atoms with Gasteiger partial charge in [0.1, 0.15) is 11.4 Å².